The monoisotopic (exact) mass is 462 g/mol. The standard InChI is InChI=1S/C27H42O6/c1-17(2)11-10-12-21-15-22(31-9)16-24(29)25(21)26(30)32-19(4)18(3)13-14-23(28)20(5)33-27(6,7)8/h10,12-20,23,28-29H,11H2,1-9H3/b12-10+,14-13-/t18-,19?,20?,23?/m1/s1. The molecule has 1 aromatic carbocycles. The highest BCUT2D eigenvalue weighted by atomic mass is 16.5. The van der Waals surface area contributed by atoms with Crippen LogP contribution < -0.4 is 4.74 Å². The van der Waals surface area contributed by atoms with Gasteiger partial charge in [0.2, 0.25) is 0 Å². The number of aliphatic hydroxyl groups is 1. The number of phenols is 1. The fourth-order valence-corrected chi connectivity index (χ4v) is 3.13. The van der Waals surface area contributed by atoms with Crippen LogP contribution in [0.1, 0.15) is 77.7 Å². The Morgan fingerprint density at radius 1 is 1.06 bits per heavy atom. The summed E-state index contributed by atoms with van der Waals surface area (Å²) in [5.41, 5.74) is 0.284. The number of carbonyl (C=O) groups excluding carboxylic acids is 1. The van der Waals surface area contributed by atoms with Crippen molar-refractivity contribution in [2.45, 2.75) is 85.7 Å². The number of hydrogen-bond acceptors (Lipinski definition) is 6. The molecule has 33 heavy (non-hydrogen) atoms. The Labute approximate surface area is 199 Å². The van der Waals surface area contributed by atoms with Crippen molar-refractivity contribution in [3.05, 3.63) is 41.5 Å². The highest BCUT2D eigenvalue weighted by Crippen LogP contribution is 2.30. The van der Waals surface area contributed by atoms with E-state index in [1.807, 2.05) is 46.8 Å². The lowest BCUT2D eigenvalue weighted by molar-refractivity contribution is -0.0894. The van der Waals surface area contributed by atoms with Gasteiger partial charge < -0.3 is 24.4 Å². The van der Waals surface area contributed by atoms with E-state index in [4.69, 9.17) is 14.2 Å². The highest BCUT2D eigenvalue weighted by molar-refractivity contribution is 5.97. The minimum atomic E-state index is -0.780. The van der Waals surface area contributed by atoms with Crippen molar-refractivity contribution in [3.8, 4) is 11.5 Å². The van der Waals surface area contributed by atoms with E-state index >= 15 is 0 Å². The molecule has 0 aliphatic heterocycles. The van der Waals surface area contributed by atoms with Gasteiger partial charge in [-0.1, -0.05) is 45.1 Å². The molecule has 1 aromatic rings. The molecule has 6 nitrogen and oxygen atoms in total. The van der Waals surface area contributed by atoms with E-state index in [1.165, 1.54) is 13.2 Å². The maximum Gasteiger partial charge on any atom is 0.342 e. The Morgan fingerprint density at radius 2 is 1.70 bits per heavy atom. The second kappa shape index (κ2) is 12.8. The van der Waals surface area contributed by atoms with Crippen LogP contribution in [0.2, 0.25) is 0 Å². The summed E-state index contributed by atoms with van der Waals surface area (Å²) in [5, 5.41) is 20.8. The largest absolute Gasteiger partial charge is 0.507 e. The van der Waals surface area contributed by atoms with Crippen LogP contribution in [0.5, 0.6) is 11.5 Å². The third-order valence-electron chi connectivity index (χ3n) is 5.13. The number of methoxy groups -OCH3 is 1. The molecule has 0 fully saturated rings. The molecule has 0 radical (unpaired) electrons. The fourth-order valence-electron chi connectivity index (χ4n) is 3.13. The molecule has 4 atom stereocenters. The van der Waals surface area contributed by atoms with Gasteiger partial charge in [-0.15, -0.1) is 0 Å². The molecule has 0 heterocycles. The Morgan fingerprint density at radius 3 is 2.24 bits per heavy atom. The molecule has 3 unspecified atom stereocenters. The van der Waals surface area contributed by atoms with Crippen molar-refractivity contribution in [2.24, 2.45) is 11.8 Å². The zero-order valence-corrected chi connectivity index (χ0v) is 21.6. The van der Waals surface area contributed by atoms with Crippen LogP contribution in [0.3, 0.4) is 0 Å². The number of hydrogen-bond donors (Lipinski definition) is 2. The molecular formula is C27H42O6. The highest BCUT2D eigenvalue weighted by Gasteiger charge is 2.24. The third kappa shape index (κ3) is 10.0. The smallest absolute Gasteiger partial charge is 0.342 e. The minimum Gasteiger partial charge on any atom is -0.507 e. The topological polar surface area (TPSA) is 85.2 Å². The van der Waals surface area contributed by atoms with E-state index < -0.39 is 18.2 Å². The SMILES string of the molecule is COc1cc(O)c(C(=O)OC(C)[C@H](C)/C=C\C(O)C(C)OC(C)(C)C)c(/C=C/CC(C)C)c1. The third-order valence-corrected chi connectivity index (χ3v) is 5.13. The van der Waals surface area contributed by atoms with Crippen LogP contribution in [0.4, 0.5) is 0 Å². The number of ether oxygens (including phenoxy) is 3. The summed E-state index contributed by atoms with van der Waals surface area (Å²) in [6, 6.07) is 3.10. The van der Waals surface area contributed by atoms with Crippen LogP contribution in [0.15, 0.2) is 30.4 Å². The lowest BCUT2D eigenvalue weighted by Crippen LogP contribution is -2.33. The van der Waals surface area contributed by atoms with Gasteiger partial charge in [-0.3, -0.25) is 0 Å². The Hall–Kier alpha value is -2.31. The first-order valence-corrected chi connectivity index (χ1v) is 11.6. The molecule has 2 N–H and O–H groups in total. The van der Waals surface area contributed by atoms with Crippen molar-refractivity contribution < 1.29 is 29.2 Å². The van der Waals surface area contributed by atoms with Gasteiger partial charge in [-0.2, -0.15) is 0 Å². The number of aromatic hydroxyl groups is 1. The predicted molar refractivity (Wildman–Crippen MR) is 133 cm³/mol. The summed E-state index contributed by atoms with van der Waals surface area (Å²) < 4.78 is 16.7. The van der Waals surface area contributed by atoms with Crippen molar-refractivity contribution in [1.82, 2.24) is 0 Å². The van der Waals surface area contributed by atoms with Gasteiger partial charge in [0.1, 0.15) is 23.2 Å². The van der Waals surface area contributed by atoms with E-state index in [0.29, 0.717) is 17.2 Å². The lowest BCUT2D eigenvalue weighted by Gasteiger charge is -2.27. The minimum absolute atomic E-state index is 0.103. The second-order valence-electron chi connectivity index (χ2n) is 9.92. The lowest BCUT2D eigenvalue weighted by atomic mass is 10.0. The molecule has 6 heteroatoms. The molecule has 1 rings (SSSR count). The molecule has 0 aromatic heterocycles. The first-order chi connectivity index (χ1) is 15.2. The Kier molecular flexibility index (Phi) is 11.1. The average molecular weight is 463 g/mol. The van der Waals surface area contributed by atoms with Crippen molar-refractivity contribution in [2.75, 3.05) is 7.11 Å². The van der Waals surface area contributed by atoms with E-state index in [9.17, 15) is 15.0 Å². The summed E-state index contributed by atoms with van der Waals surface area (Å²) >= 11 is 0. The summed E-state index contributed by atoms with van der Waals surface area (Å²) in [7, 11) is 1.51. The van der Waals surface area contributed by atoms with Gasteiger partial charge in [0.15, 0.2) is 0 Å². The van der Waals surface area contributed by atoms with Crippen molar-refractivity contribution in [1.29, 1.82) is 0 Å². The van der Waals surface area contributed by atoms with Gasteiger partial charge in [0.25, 0.3) is 0 Å². The van der Waals surface area contributed by atoms with Gasteiger partial charge in [-0.25, -0.2) is 4.79 Å². The molecule has 186 valence electrons. The first kappa shape index (κ1) is 28.7. The number of allylic oxidation sites excluding steroid dienone is 1. The second-order valence-corrected chi connectivity index (χ2v) is 9.92. The van der Waals surface area contributed by atoms with E-state index in [-0.39, 0.29) is 28.9 Å². The first-order valence-electron chi connectivity index (χ1n) is 11.6. The summed E-state index contributed by atoms with van der Waals surface area (Å²) in [6.07, 6.45) is 6.45. The summed E-state index contributed by atoms with van der Waals surface area (Å²) in [4.78, 5) is 13.0. The maximum absolute atomic E-state index is 13.0. The maximum atomic E-state index is 13.0. The average Bonchev–Trinajstić information content (AvgIpc) is 2.69. The van der Waals surface area contributed by atoms with Crippen LogP contribution in [0, 0.1) is 11.8 Å². The van der Waals surface area contributed by atoms with Crippen molar-refractivity contribution >= 4 is 12.0 Å². The molecule has 0 aliphatic carbocycles. The quantitative estimate of drug-likeness (QED) is 0.321. The summed E-state index contributed by atoms with van der Waals surface area (Å²) in [6.45, 7) is 15.5. The van der Waals surface area contributed by atoms with Crippen LogP contribution >= 0.6 is 0 Å². The normalized spacial score (nSPS) is 16.2. The van der Waals surface area contributed by atoms with Gasteiger partial charge in [0, 0.05) is 12.0 Å². The number of benzene rings is 1. The van der Waals surface area contributed by atoms with Crippen LogP contribution in [0.25, 0.3) is 6.08 Å². The molecule has 0 amide bonds. The molecule has 0 saturated carbocycles. The molecule has 0 saturated heterocycles. The zero-order valence-electron chi connectivity index (χ0n) is 21.6. The number of esters is 1. The number of carbonyl (C=O) groups is 1. The summed E-state index contributed by atoms with van der Waals surface area (Å²) in [5.74, 6) is -0.0427. The van der Waals surface area contributed by atoms with Crippen LogP contribution in [-0.4, -0.2) is 47.2 Å². The zero-order chi connectivity index (χ0) is 25.3. The van der Waals surface area contributed by atoms with Crippen molar-refractivity contribution in [3.63, 3.8) is 0 Å². The number of rotatable bonds is 11. The molecule has 0 bridgehead atoms. The number of phenolic OH excluding ortho intramolecular Hbond substituents is 1. The molecule has 0 aliphatic rings. The number of aliphatic hydroxyl groups excluding tert-OH is 1. The Balaban J connectivity index is 2.95. The molecular weight excluding hydrogens is 420 g/mol. The van der Waals surface area contributed by atoms with Gasteiger partial charge in [0.05, 0.1) is 24.9 Å². The van der Waals surface area contributed by atoms with Gasteiger partial charge >= 0.3 is 5.97 Å². The van der Waals surface area contributed by atoms with Gasteiger partial charge in [-0.05, 0) is 58.6 Å². The van der Waals surface area contributed by atoms with E-state index in [0.717, 1.165) is 6.42 Å². The molecule has 0 spiro atoms. The fraction of sp³-hybridized carbons (Fsp3) is 0.593. The van der Waals surface area contributed by atoms with Crippen LogP contribution in [-0.2, 0) is 9.47 Å². The predicted octanol–water partition coefficient (Wildman–Crippen LogP) is 5.76. The van der Waals surface area contributed by atoms with E-state index in [1.54, 1.807) is 25.1 Å². The Bertz CT molecular complexity index is 819. The van der Waals surface area contributed by atoms with E-state index in [2.05, 4.69) is 13.8 Å².